The molecule has 112 valence electrons. The van der Waals surface area contributed by atoms with Crippen LogP contribution in [0.2, 0.25) is 0 Å². The molecule has 0 aliphatic rings. The lowest BCUT2D eigenvalue weighted by Gasteiger charge is -2.15. The Labute approximate surface area is 138 Å². The molecule has 0 heterocycles. The third-order valence-corrected chi connectivity index (χ3v) is 5.98. The van der Waals surface area contributed by atoms with Crippen molar-refractivity contribution in [2.75, 3.05) is 12.0 Å². The van der Waals surface area contributed by atoms with E-state index < -0.39 is 22.0 Å². The van der Waals surface area contributed by atoms with Crippen molar-refractivity contribution in [2.45, 2.75) is 17.4 Å². The Morgan fingerprint density at radius 3 is 2.60 bits per heavy atom. The lowest BCUT2D eigenvalue weighted by Crippen LogP contribution is -2.41. The van der Waals surface area contributed by atoms with Gasteiger partial charge in [-0.1, -0.05) is 15.9 Å². The molecule has 0 aliphatic carbocycles. The summed E-state index contributed by atoms with van der Waals surface area (Å²) < 4.78 is 27.7. The number of carbonyl (C=O) groups is 1. The molecular formula is C11H13Br2NO4S2. The van der Waals surface area contributed by atoms with Crippen LogP contribution in [0, 0.1) is 0 Å². The summed E-state index contributed by atoms with van der Waals surface area (Å²) in [5.41, 5.74) is 0. The van der Waals surface area contributed by atoms with Crippen molar-refractivity contribution >= 4 is 59.6 Å². The minimum atomic E-state index is -3.89. The standard InChI is InChI=1S/C11H13Br2NO4S2/c1-19-5-4-9(11(15)16)14-20(17,18)10-3-2-7(12)6-8(10)13/h2-3,6,9,14H,4-5H2,1H3,(H,15,16). The predicted molar refractivity (Wildman–Crippen MR) is 86.6 cm³/mol. The van der Waals surface area contributed by atoms with Gasteiger partial charge in [0.1, 0.15) is 6.04 Å². The van der Waals surface area contributed by atoms with E-state index in [2.05, 4.69) is 36.6 Å². The van der Waals surface area contributed by atoms with Gasteiger partial charge >= 0.3 is 5.97 Å². The summed E-state index contributed by atoms with van der Waals surface area (Å²) in [5, 5.41) is 9.07. The number of rotatable bonds is 7. The SMILES string of the molecule is CSCCC(NS(=O)(=O)c1ccc(Br)cc1Br)C(=O)O. The highest BCUT2D eigenvalue weighted by Crippen LogP contribution is 2.25. The molecular weight excluding hydrogens is 434 g/mol. The summed E-state index contributed by atoms with van der Waals surface area (Å²) in [5.74, 6) is -0.628. The molecule has 0 saturated heterocycles. The van der Waals surface area contributed by atoms with Gasteiger partial charge in [0.05, 0.1) is 4.90 Å². The first-order chi connectivity index (χ1) is 9.27. The van der Waals surface area contributed by atoms with E-state index >= 15 is 0 Å². The molecule has 1 aromatic rings. The molecule has 0 saturated carbocycles. The Bertz CT molecular complexity index is 592. The van der Waals surface area contributed by atoms with E-state index in [9.17, 15) is 13.2 Å². The average Bonchev–Trinajstić information content (AvgIpc) is 2.33. The molecule has 0 amide bonds. The maximum Gasteiger partial charge on any atom is 0.321 e. The summed E-state index contributed by atoms with van der Waals surface area (Å²) in [6.07, 6.45) is 2.06. The molecule has 0 radical (unpaired) electrons. The molecule has 9 heteroatoms. The van der Waals surface area contributed by atoms with E-state index in [1.807, 2.05) is 6.26 Å². The molecule has 20 heavy (non-hydrogen) atoms. The topological polar surface area (TPSA) is 83.5 Å². The molecule has 1 aromatic carbocycles. The van der Waals surface area contributed by atoms with Crippen molar-refractivity contribution in [1.82, 2.24) is 4.72 Å². The summed E-state index contributed by atoms with van der Waals surface area (Å²) in [7, 11) is -3.89. The van der Waals surface area contributed by atoms with Crippen LogP contribution in [0.1, 0.15) is 6.42 Å². The minimum Gasteiger partial charge on any atom is -0.480 e. The van der Waals surface area contributed by atoms with Crippen molar-refractivity contribution in [2.24, 2.45) is 0 Å². The number of carboxylic acid groups (broad SMARTS) is 1. The highest BCUT2D eigenvalue weighted by molar-refractivity contribution is 9.11. The number of hydrogen-bond donors (Lipinski definition) is 2. The molecule has 2 N–H and O–H groups in total. The summed E-state index contributed by atoms with van der Waals surface area (Å²) in [6, 6.07) is 3.44. The fourth-order valence-corrected chi connectivity index (χ4v) is 4.85. The number of sulfonamides is 1. The van der Waals surface area contributed by atoms with Crippen LogP contribution in [0.4, 0.5) is 0 Å². The fraction of sp³-hybridized carbons (Fsp3) is 0.364. The van der Waals surface area contributed by atoms with Gasteiger partial charge in [-0.3, -0.25) is 4.79 Å². The molecule has 0 aromatic heterocycles. The molecule has 5 nitrogen and oxygen atoms in total. The first-order valence-corrected chi connectivity index (χ1v) is 9.93. The van der Waals surface area contributed by atoms with Crippen LogP contribution < -0.4 is 4.72 Å². The van der Waals surface area contributed by atoms with Gasteiger partial charge in [-0.05, 0) is 52.6 Å². The summed E-state index contributed by atoms with van der Waals surface area (Å²) in [6.45, 7) is 0. The van der Waals surface area contributed by atoms with Crippen molar-refractivity contribution in [1.29, 1.82) is 0 Å². The van der Waals surface area contributed by atoms with Gasteiger partial charge in [0, 0.05) is 8.95 Å². The van der Waals surface area contributed by atoms with Crippen molar-refractivity contribution in [3.63, 3.8) is 0 Å². The molecule has 0 fully saturated rings. The third-order valence-electron chi connectivity index (χ3n) is 2.39. The van der Waals surface area contributed by atoms with Gasteiger partial charge in [0.15, 0.2) is 0 Å². The van der Waals surface area contributed by atoms with Crippen LogP contribution in [0.3, 0.4) is 0 Å². The van der Waals surface area contributed by atoms with E-state index in [1.54, 1.807) is 12.1 Å². The van der Waals surface area contributed by atoms with Gasteiger partial charge in [-0.25, -0.2) is 8.42 Å². The molecule has 0 bridgehead atoms. The zero-order chi connectivity index (χ0) is 15.3. The van der Waals surface area contributed by atoms with Gasteiger partial charge in [0.2, 0.25) is 10.0 Å². The van der Waals surface area contributed by atoms with E-state index in [0.29, 0.717) is 10.2 Å². The number of carboxylic acids is 1. The minimum absolute atomic E-state index is 0.0103. The number of benzene rings is 1. The van der Waals surface area contributed by atoms with Crippen molar-refractivity contribution < 1.29 is 18.3 Å². The van der Waals surface area contributed by atoms with Crippen LogP contribution in [0.25, 0.3) is 0 Å². The second-order valence-corrected chi connectivity index (χ2v) is 8.31. The van der Waals surface area contributed by atoms with Gasteiger partial charge in [-0.15, -0.1) is 0 Å². The molecule has 1 atom stereocenters. The Balaban J connectivity index is 3.00. The molecule has 0 spiro atoms. The van der Waals surface area contributed by atoms with Gasteiger partial charge in [-0.2, -0.15) is 16.5 Å². The number of nitrogens with one attached hydrogen (secondary N) is 1. The molecule has 1 rings (SSSR count). The predicted octanol–water partition coefficient (Wildman–Crippen LogP) is 2.70. The Kier molecular flexibility index (Phi) is 6.99. The lowest BCUT2D eigenvalue weighted by molar-refractivity contribution is -0.139. The van der Waals surface area contributed by atoms with Crippen LogP contribution in [0.15, 0.2) is 32.0 Å². The summed E-state index contributed by atoms with van der Waals surface area (Å²) >= 11 is 7.85. The van der Waals surface area contributed by atoms with E-state index in [0.717, 1.165) is 4.47 Å². The highest BCUT2D eigenvalue weighted by Gasteiger charge is 2.26. The normalized spacial score (nSPS) is 13.2. The Hall–Kier alpha value is -0.0900. The number of thioether (sulfide) groups is 1. The van der Waals surface area contributed by atoms with Crippen LogP contribution in [-0.2, 0) is 14.8 Å². The quantitative estimate of drug-likeness (QED) is 0.672. The Morgan fingerprint density at radius 2 is 2.10 bits per heavy atom. The summed E-state index contributed by atoms with van der Waals surface area (Å²) in [4.78, 5) is 11.1. The maximum atomic E-state index is 12.2. The monoisotopic (exact) mass is 445 g/mol. The second-order valence-electron chi connectivity index (χ2n) is 3.87. The second kappa shape index (κ2) is 7.79. The zero-order valence-electron chi connectivity index (χ0n) is 10.5. The van der Waals surface area contributed by atoms with Gasteiger partial charge < -0.3 is 5.11 Å². The van der Waals surface area contributed by atoms with Crippen LogP contribution in [-0.4, -0.2) is 37.5 Å². The number of halogens is 2. The fourth-order valence-electron chi connectivity index (χ4n) is 1.41. The highest BCUT2D eigenvalue weighted by atomic mass is 79.9. The van der Waals surface area contributed by atoms with Crippen molar-refractivity contribution in [3.05, 3.63) is 27.1 Å². The van der Waals surface area contributed by atoms with E-state index in [4.69, 9.17) is 5.11 Å². The van der Waals surface area contributed by atoms with Crippen LogP contribution >= 0.6 is 43.6 Å². The molecule has 1 unspecified atom stereocenters. The zero-order valence-corrected chi connectivity index (χ0v) is 15.3. The van der Waals surface area contributed by atoms with Crippen molar-refractivity contribution in [3.8, 4) is 0 Å². The average molecular weight is 447 g/mol. The van der Waals surface area contributed by atoms with Gasteiger partial charge in [0.25, 0.3) is 0 Å². The first kappa shape index (κ1) is 18.0. The Morgan fingerprint density at radius 1 is 1.45 bits per heavy atom. The molecule has 0 aliphatic heterocycles. The third kappa shape index (κ3) is 5.03. The number of hydrogen-bond acceptors (Lipinski definition) is 4. The largest absolute Gasteiger partial charge is 0.480 e. The van der Waals surface area contributed by atoms with E-state index in [1.165, 1.54) is 17.8 Å². The maximum absolute atomic E-state index is 12.2. The first-order valence-electron chi connectivity index (χ1n) is 5.47. The van der Waals surface area contributed by atoms with Crippen LogP contribution in [0.5, 0.6) is 0 Å². The lowest BCUT2D eigenvalue weighted by atomic mass is 10.2. The number of aliphatic carboxylic acids is 1. The smallest absolute Gasteiger partial charge is 0.321 e. The van der Waals surface area contributed by atoms with E-state index in [-0.39, 0.29) is 11.3 Å².